The molecule has 5 fully saturated rings. The highest BCUT2D eigenvalue weighted by Crippen LogP contribution is 2.80. The van der Waals surface area contributed by atoms with E-state index in [1.807, 2.05) is 0 Å². The Morgan fingerprint density at radius 3 is 2.00 bits per heavy atom. The van der Waals surface area contributed by atoms with E-state index in [1.165, 1.54) is 0 Å². The average molecular weight is 743 g/mol. The van der Waals surface area contributed by atoms with Crippen molar-refractivity contribution < 1.29 is 14.7 Å². The van der Waals surface area contributed by atoms with Crippen molar-refractivity contribution in [1.82, 2.24) is 0 Å². The number of Topliss-reactive ketones (excluding diaryl/α,β-unsaturated/α-hetero) is 2. The lowest BCUT2D eigenvalue weighted by Crippen LogP contribution is -2.81. The summed E-state index contributed by atoms with van der Waals surface area (Å²) in [6.07, 6.45) is 10.5. The van der Waals surface area contributed by atoms with Gasteiger partial charge in [-0.05, 0) is 91.1 Å². The van der Waals surface area contributed by atoms with Gasteiger partial charge in [0.05, 0.1) is 9.02 Å². The summed E-state index contributed by atoms with van der Waals surface area (Å²) in [5.41, 5.74) is -1.10. The van der Waals surface area contributed by atoms with Crippen LogP contribution in [-0.4, -0.2) is 35.4 Å². The van der Waals surface area contributed by atoms with Crippen LogP contribution in [0.4, 0.5) is 0 Å². The second-order valence-corrected chi connectivity index (χ2v) is 18.5. The third-order valence-electron chi connectivity index (χ3n) is 12.8. The predicted molar refractivity (Wildman–Crippen MR) is 168 cm³/mol. The van der Waals surface area contributed by atoms with Crippen LogP contribution in [-0.2, 0) is 9.59 Å². The van der Waals surface area contributed by atoms with Crippen molar-refractivity contribution in [2.24, 2.45) is 38.9 Å². The summed E-state index contributed by atoms with van der Waals surface area (Å²) in [6.45, 7) is 16.3. The molecule has 8 atom stereocenters. The molecule has 0 aliphatic heterocycles. The van der Waals surface area contributed by atoms with Gasteiger partial charge in [0.2, 0.25) is 0 Å². The van der Waals surface area contributed by atoms with E-state index < -0.39 is 12.4 Å². The summed E-state index contributed by atoms with van der Waals surface area (Å²) in [6, 6.07) is 0. The van der Waals surface area contributed by atoms with Crippen molar-refractivity contribution in [2.75, 3.05) is 6.26 Å². The number of carbonyl (C=O) groups is 2. The molecule has 206 valence electrons. The Balaban J connectivity index is 0.00000148. The van der Waals surface area contributed by atoms with Gasteiger partial charge in [0.15, 0.2) is 5.78 Å². The normalized spacial score (nSPS) is 53.1. The van der Waals surface area contributed by atoms with Crippen LogP contribution in [0.5, 0.6) is 0 Å². The monoisotopic (exact) mass is 742 g/mol. The lowest BCUT2D eigenvalue weighted by atomic mass is 9.32. The maximum Gasteiger partial charge on any atom is 0.151 e. The van der Waals surface area contributed by atoms with Crippen LogP contribution >= 0.6 is 57.8 Å². The molecule has 0 radical (unpaired) electrons. The summed E-state index contributed by atoms with van der Waals surface area (Å²) in [4.78, 5) is 27.6. The van der Waals surface area contributed by atoms with Gasteiger partial charge in [0, 0.05) is 18.3 Å². The zero-order chi connectivity index (χ0) is 27.4. The van der Waals surface area contributed by atoms with Crippen molar-refractivity contribution in [1.29, 1.82) is 0 Å². The molecule has 0 aromatic rings. The number of thiol groups is 1. The van der Waals surface area contributed by atoms with Crippen LogP contribution in [0.25, 0.3) is 0 Å². The third kappa shape index (κ3) is 3.43. The van der Waals surface area contributed by atoms with Gasteiger partial charge in [-0.15, -0.1) is 0 Å². The molecule has 0 amide bonds. The van der Waals surface area contributed by atoms with E-state index in [2.05, 4.69) is 106 Å². The third-order valence-corrected chi connectivity index (χ3v) is 18.8. The number of hydrogen-bond acceptors (Lipinski definition) is 4. The topological polar surface area (TPSA) is 54.4 Å². The highest BCUT2D eigenvalue weighted by Gasteiger charge is 2.81. The molecular weight excluding hydrogens is 694 g/mol. The van der Waals surface area contributed by atoms with Gasteiger partial charge in [-0.1, -0.05) is 93.6 Å². The average Bonchev–Trinajstić information content (AvgIpc) is 2.79. The first kappa shape index (κ1) is 30.1. The fourth-order valence-corrected chi connectivity index (χ4v) is 14.8. The molecule has 6 heteroatoms. The van der Waals surface area contributed by atoms with Crippen LogP contribution in [0.3, 0.4) is 0 Å². The fourth-order valence-electron chi connectivity index (χ4n) is 10.5. The number of rotatable bonds is 0. The lowest BCUT2D eigenvalue weighted by Gasteiger charge is -2.76. The Hall–Kier alpha value is 1.11. The second-order valence-electron chi connectivity index (χ2n) is 15.0. The fraction of sp³-hybridized carbons (Fsp3) is 0.933. The first-order valence-electron chi connectivity index (χ1n) is 14.0. The van der Waals surface area contributed by atoms with Crippen LogP contribution in [0.1, 0.15) is 113 Å². The number of aliphatic hydroxyl groups is 1. The minimum absolute atomic E-state index is 0.0130. The molecule has 3 nitrogen and oxygen atoms in total. The predicted octanol–water partition coefficient (Wildman–Crippen LogP) is 8.02. The quantitative estimate of drug-likeness (QED) is 0.150. The van der Waals surface area contributed by atoms with E-state index >= 15 is 0 Å². The van der Waals surface area contributed by atoms with E-state index in [1.54, 1.807) is 6.26 Å². The number of hydrogen-bond donors (Lipinski definition) is 2. The molecular formula is C30H48I2O3S. The molecule has 5 aliphatic carbocycles. The molecule has 1 N–H and O–H groups in total. The van der Waals surface area contributed by atoms with Crippen LogP contribution in [0, 0.1) is 38.9 Å². The SMILES string of the molecule is CC1(C)CCC2(O)CC[C@@]3(C)C4(C)CCC5C(C)(C)C(=O)CCC5(C)C4CC(=O)C3(I)C2(I)C1.CS. The maximum atomic E-state index is 14.6. The number of fused-ring (bicyclic) bond motifs is 7. The largest absolute Gasteiger partial charge is 0.388 e. The van der Waals surface area contributed by atoms with E-state index in [9.17, 15) is 14.7 Å². The van der Waals surface area contributed by atoms with Gasteiger partial charge >= 0.3 is 0 Å². The zero-order valence-electron chi connectivity index (χ0n) is 23.7. The van der Waals surface area contributed by atoms with Gasteiger partial charge in [-0.3, -0.25) is 9.59 Å². The molecule has 7 unspecified atom stereocenters. The molecule has 0 spiro atoms. The minimum Gasteiger partial charge on any atom is -0.388 e. The summed E-state index contributed by atoms with van der Waals surface area (Å²) < 4.78 is -1.05. The van der Waals surface area contributed by atoms with Crippen LogP contribution in [0.2, 0.25) is 0 Å². The summed E-state index contributed by atoms with van der Waals surface area (Å²) >= 11 is 8.69. The zero-order valence-corrected chi connectivity index (χ0v) is 28.9. The van der Waals surface area contributed by atoms with Crippen molar-refractivity contribution in [3.05, 3.63) is 0 Å². The molecule has 5 rings (SSSR count). The van der Waals surface area contributed by atoms with Crippen molar-refractivity contribution >= 4 is 69.4 Å². The van der Waals surface area contributed by atoms with Gasteiger partial charge in [0.25, 0.3) is 0 Å². The highest BCUT2D eigenvalue weighted by atomic mass is 127. The van der Waals surface area contributed by atoms with Gasteiger partial charge in [-0.25, -0.2) is 0 Å². The van der Waals surface area contributed by atoms with Crippen molar-refractivity contribution in [3.63, 3.8) is 0 Å². The molecule has 0 bridgehead atoms. The van der Waals surface area contributed by atoms with Gasteiger partial charge in [0.1, 0.15) is 9.20 Å². The molecule has 0 aromatic carbocycles. The molecule has 5 saturated carbocycles. The first-order valence-corrected chi connectivity index (χ1v) is 17.0. The highest BCUT2D eigenvalue weighted by molar-refractivity contribution is 14.1. The molecule has 0 heterocycles. The van der Waals surface area contributed by atoms with Crippen LogP contribution in [0.15, 0.2) is 0 Å². The molecule has 0 aromatic heterocycles. The Bertz CT molecular complexity index is 966. The van der Waals surface area contributed by atoms with Gasteiger partial charge < -0.3 is 5.11 Å². The standard InChI is InChI=1S/C29H44I2O3.CH4S/c1-22(2)12-14-27(34)15-13-26(7)25(6)11-8-18-23(3,4)20(32)9-10-24(18,5)19(25)16-21(33)29(26,31)28(27,30)17-22;1-2/h18-19,34H,8-17H2,1-7H3;2H,1H3/t18?,19?,24?,25?,26-,27?,28?,29?;/m0./s1. The first-order chi connectivity index (χ1) is 16.3. The molecule has 36 heavy (non-hydrogen) atoms. The molecule has 5 aliphatic rings. The Morgan fingerprint density at radius 2 is 1.39 bits per heavy atom. The lowest BCUT2D eigenvalue weighted by molar-refractivity contribution is -0.223. The van der Waals surface area contributed by atoms with E-state index in [-0.39, 0.29) is 27.1 Å². The van der Waals surface area contributed by atoms with Crippen LogP contribution < -0.4 is 0 Å². The van der Waals surface area contributed by atoms with Crippen molar-refractivity contribution in [3.8, 4) is 0 Å². The maximum absolute atomic E-state index is 14.6. The number of alkyl halides is 2. The summed E-state index contributed by atoms with van der Waals surface area (Å²) in [5.74, 6) is 1.43. The number of ketones is 2. The number of carbonyl (C=O) groups excluding carboxylic acids is 2. The summed E-state index contributed by atoms with van der Waals surface area (Å²) in [7, 11) is 0. The van der Waals surface area contributed by atoms with E-state index in [0.29, 0.717) is 36.2 Å². The van der Waals surface area contributed by atoms with E-state index in [0.717, 1.165) is 51.4 Å². The Kier molecular flexibility index (Phi) is 7.35. The number of halogens is 2. The molecule has 0 saturated heterocycles. The second kappa shape index (κ2) is 8.80. The minimum atomic E-state index is -0.775. The Morgan fingerprint density at radius 1 is 0.806 bits per heavy atom. The smallest absolute Gasteiger partial charge is 0.151 e. The van der Waals surface area contributed by atoms with Gasteiger partial charge in [-0.2, -0.15) is 12.6 Å². The van der Waals surface area contributed by atoms with E-state index in [4.69, 9.17) is 0 Å². The Labute approximate surface area is 252 Å². The summed E-state index contributed by atoms with van der Waals surface area (Å²) in [5, 5.41) is 12.1. The van der Waals surface area contributed by atoms with Crippen molar-refractivity contribution in [2.45, 2.75) is 125 Å².